The molecule has 158 valence electrons. The van der Waals surface area contributed by atoms with Gasteiger partial charge in [-0.25, -0.2) is 4.98 Å². The summed E-state index contributed by atoms with van der Waals surface area (Å²) in [6, 6.07) is 7.14. The summed E-state index contributed by atoms with van der Waals surface area (Å²) in [6.45, 7) is 1.90. The van der Waals surface area contributed by atoms with Gasteiger partial charge in [-0.3, -0.25) is 19.0 Å². The first-order valence-corrected chi connectivity index (χ1v) is 11.1. The van der Waals surface area contributed by atoms with Gasteiger partial charge >= 0.3 is 5.97 Å². The predicted octanol–water partition coefficient (Wildman–Crippen LogP) is 3.50. The highest BCUT2D eigenvalue weighted by Crippen LogP contribution is 2.60. The first-order valence-electron chi connectivity index (χ1n) is 11.1. The van der Waals surface area contributed by atoms with Crippen molar-refractivity contribution in [2.24, 2.45) is 23.2 Å². The number of ether oxygens (including phenoxy) is 1. The molecule has 0 aliphatic heterocycles. The highest BCUT2D eigenvalue weighted by atomic mass is 16.5. The molecule has 4 fully saturated rings. The first-order chi connectivity index (χ1) is 14.4. The van der Waals surface area contributed by atoms with Crippen molar-refractivity contribution in [3.05, 3.63) is 40.9 Å². The van der Waals surface area contributed by atoms with Gasteiger partial charge in [0.05, 0.1) is 23.7 Å². The van der Waals surface area contributed by atoms with Crippen LogP contribution >= 0.6 is 0 Å². The summed E-state index contributed by atoms with van der Waals surface area (Å²) in [6.07, 6.45) is 7.51. The molecule has 0 N–H and O–H groups in total. The lowest BCUT2D eigenvalue weighted by molar-refractivity contribution is -0.165. The van der Waals surface area contributed by atoms with E-state index in [4.69, 9.17) is 4.74 Å². The minimum Gasteiger partial charge on any atom is -0.455 e. The molecular weight excluding hydrogens is 380 g/mol. The van der Waals surface area contributed by atoms with Crippen molar-refractivity contribution in [2.45, 2.75) is 64.5 Å². The van der Waals surface area contributed by atoms with Crippen LogP contribution in [0.15, 0.2) is 35.4 Å². The number of Topliss-reactive ketones (excluding diaryl/α,β-unsaturated/α-hetero) is 1. The first kappa shape index (κ1) is 19.5. The van der Waals surface area contributed by atoms with Gasteiger partial charge in [-0.15, -0.1) is 0 Å². The largest absolute Gasteiger partial charge is 0.455 e. The van der Waals surface area contributed by atoms with Crippen molar-refractivity contribution in [1.82, 2.24) is 9.55 Å². The van der Waals surface area contributed by atoms with E-state index in [1.807, 2.05) is 6.07 Å². The number of carbonyl (C=O) groups is 2. The number of nitrogens with zero attached hydrogens (tertiary/aromatic N) is 2. The zero-order valence-electron chi connectivity index (χ0n) is 17.4. The molecule has 6 nitrogen and oxygen atoms in total. The molecule has 4 saturated carbocycles. The molecule has 4 bridgehead atoms. The number of rotatable bonds is 6. The summed E-state index contributed by atoms with van der Waals surface area (Å²) in [5.41, 5.74) is 0.190. The second-order valence-corrected chi connectivity index (χ2v) is 9.70. The van der Waals surface area contributed by atoms with Gasteiger partial charge in [0.1, 0.15) is 0 Å². The fraction of sp³-hybridized carbons (Fsp3) is 0.583. The topological polar surface area (TPSA) is 78.3 Å². The number of fused-ring (bicyclic) bond motifs is 1. The van der Waals surface area contributed by atoms with Gasteiger partial charge in [0.15, 0.2) is 11.9 Å². The summed E-state index contributed by atoms with van der Waals surface area (Å²) >= 11 is 0. The third kappa shape index (κ3) is 3.36. The van der Waals surface area contributed by atoms with Crippen molar-refractivity contribution in [2.75, 3.05) is 0 Å². The zero-order chi connectivity index (χ0) is 20.9. The number of hydrogen-bond acceptors (Lipinski definition) is 5. The Labute approximate surface area is 175 Å². The molecule has 6 heteroatoms. The van der Waals surface area contributed by atoms with E-state index >= 15 is 0 Å². The van der Waals surface area contributed by atoms with E-state index < -0.39 is 12.1 Å². The summed E-state index contributed by atoms with van der Waals surface area (Å²) < 4.78 is 6.95. The SMILES string of the molecule is C[C@@H](OC(=O)CCn1cnc2ccccc2c1=O)C(=O)C12CC3CC(CC(C3)C1)C2. The Bertz CT molecular complexity index is 1020. The Balaban J connectivity index is 1.21. The fourth-order valence-electron chi connectivity index (χ4n) is 6.63. The minimum atomic E-state index is -0.722. The van der Waals surface area contributed by atoms with Crippen LogP contribution in [-0.4, -0.2) is 27.4 Å². The Morgan fingerprint density at radius 2 is 1.77 bits per heavy atom. The molecule has 6 rings (SSSR count). The molecule has 0 spiro atoms. The second kappa shape index (κ2) is 7.33. The van der Waals surface area contributed by atoms with Gasteiger partial charge in [-0.2, -0.15) is 0 Å². The van der Waals surface area contributed by atoms with Gasteiger partial charge in [-0.1, -0.05) is 12.1 Å². The molecule has 2 aromatic rings. The van der Waals surface area contributed by atoms with Crippen LogP contribution in [0.2, 0.25) is 0 Å². The van der Waals surface area contributed by atoms with E-state index in [1.54, 1.807) is 25.1 Å². The molecule has 0 amide bonds. The van der Waals surface area contributed by atoms with Crippen LogP contribution in [0.3, 0.4) is 0 Å². The molecule has 0 saturated heterocycles. The molecule has 1 atom stereocenters. The molecule has 1 aromatic carbocycles. The van der Waals surface area contributed by atoms with Crippen molar-refractivity contribution >= 4 is 22.7 Å². The molecule has 30 heavy (non-hydrogen) atoms. The van der Waals surface area contributed by atoms with E-state index in [2.05, 4.69) is 4.98 Å². The molecule has 4 aliphatic carbocycles. The van der Waals surface area contributed by atoms with Crippen LogP contribution in [0.25, 0.3) is 10.9 Å². The monoisotopic (exact) mass is 408 g/mol. The smallest absolute Gasteiger partial charge is 0.308 e. The number of benzene rings is 1. The lowest BCUT2D eigenvalue weighted by atomic mass is 9.48. The number of ketones is 1. The van der Waals surface area contributed by atoms with Crippen molar-refractivity contribution in [3.63, 3.8) is 0 Å². The van der Waals surface area contributed by atoms with Crippen LogP contribution in [-0.2, 0) is 20.9 Å². The number of para-hydroxylation sites is 1. The van der Waals surface area contributed by atoms with Crippen LogP contribution in [0.5, 0.6) is 0 Å². The highest BCUT2D eigenvalue weighted by molar-refractivity contribution is 5.90. The van der Waals surface area contributed by atoms with Crippen LogP contribution in [0, 0.1) is 23.2 Å². The number of aryl methyl sites for hydroxylation is 1. The standard InChI is InChI=1S/C24H28N2O4/c1-15(22(28)24-11-16-8-17(12-24)10-18(9-16)13-24)30-21(27)6-7-26-14-25-20-5-3-2-4-19(20)23(26)29/h2-5,14-18H,6-13H2,1H3/t15-,16?,17?,18?,24?/m1/s1. The van der Waals surface area contributed by atoms with Crippen molar-refractivity contribution in [1.29, 1.82) is 0 Å². The van der Waals surface area contributed by atoms with E-state index in [9.17, 15) is 14.4 Å². The van der Waals surface area contributed by atoms with Crippen LogP contribution < -0.4 is 5.56 Å². The number of aromatic nitrogens is 2. The van der Waals surface area contributed by atoms with Gasteiger partial charge in [0.2, 0.25) is 0 Å². The van der Waals surface area contributed by atoms with Crippen LogP contribution in [0.1, 0.15) is 51.9 Å². The maximum Gasteiger partial charge on any atom is 0.308 e. The van der Waals surface area contributed by atoms with Crippen molar-refractivity contribution < 1.29 is 14.3 Å². The Kier molecular flexibility index (Phi) is 4.75. The summed E-state index contributed by atoms with van der Waals surface area (Å²) in [5, 5.41) is 0.527. The average molecular weight is 408 g/mol. The predicted molar refractivity (Wildman–Crippen MR) is 112 cm³/mol. The van der Waals surface area contributed by atoms with E-state index in [0.717, 1.165) is 19.3 Å². The van der Waals surface area contributed by atoms with Crippen molar-refractivity contribution in [3.8, 4) is 0 Å². The maximum atomic E-state index is 13.3. The van der Waals surface area contributed by atoms with Gasteiger partial charge in [0, 0.05) is 12.0 Å². The summed E-state index contributed by atoms with van der Waals surface area (Å²) in [7, 11) is 0. The van der Waals surface area contributed by atoms with E-state index in [1.165, 1.54) is 30.2 Å². The summed E-state index contributed by atoms with van der Waals surface area (Å²) in [4.78, 5) is 42.5. The molecule has 0 unspecified atom stereocenters. The minimum absolute atomic E-state index is 0.0401. The average Bonchev–Trinajstić information content (AvgIpc) is 2.72. The second-order valence-electron chi connectivity index (χ2n) is 9.70. The molecule has 0 radical (unpaired) electrons. The van der Waals surface area contributed by atoms with Gasteiger partial charge in [-0.05, 0) is 75.3 Å². The van der Waals surface area contributed by atoms with Gasteiger partial charge < -0.3 is 4.74 Å². The summed E-state index contributed by atoms with van der Waals surface area (Å²) in [5.74, 6) is 1.70. The molecule has 1 aromatic heterocycles. The number of esters is 1. The van der Waals surface area contributed by atoms with Gasteiger partial charge in [0.25, 0.3) is 5.56 Å². The lowest BCUT2D eigenvalue weighted by Crippen LogP contribution is -2.52. The third-order valence-corrected chi connectivity index (χ3v) is 7.53. The third-order valence-electron chi connectivity index (χ3n) is 7.53. The maximum absolute atomic E-state index is 13.3. The zero-order valence-corrected chi connectivity index (χ0v) is 17.4. The highest BCUT2D eigenvalue weighted by Gasteiger charge is 2.55. The normalized spacial score (nSPS) is 30.4. The fourth-order valence-corrected chi connectivity index (χ4v) is 6.63. The Hall–Kier alpha value is -2.50. The quantitative estimate of drug-likeness (QED) is 0.684. The lowest BCUT2D eigenvalue weighted by Gasteiger charge is -2.56. The van der Waals surface area contributed by atoms with E-state index in [-0.39, 0.29) is 29.7 Å². The molecular formula is C24H28N2O4. The number of carbonyl (C=O) groups excluding carboxylic acids is 2. The Morgan fingerprint density at radius 3 is 2.43 bits per heavy atom. The number of hydrogen-bond donors (Lipinski definition) is 0. The van der Waals surface area contributed by atoms with E-state index in [0.29, 0.717) is 28.7 Å². The molecule has 1 heterocycles. The molecule has 4 aliphatic rings. The van der Waals surface area contributed by atoms with Crippen LogP contribution in [0.4, 0.5) is 0 Å². The Morgan fingerprint density at radius 1 is 1.13 bits per heavy atom.